The molecule has 3 rings (SSSR count). The van der Waals surface area contributed by atoms with Gasteiger partial charge in [0.1, 0.15) is 5.75 Å². The maximum atomic E-state index is 6.03. The van der Waals surface area contributed by atoms with Gasteiger partial charge in [0.15, 0.2) is 5.11 Å². The molecule has 0 radical (unpaired) electrons. The highest BCUT2D eigenvalue weighted by Gasteiger charge is 2.21. The summed E-state index contributed by atoms with van der Waals surface area (Å²) in [7, 11) is 1.62. The van der Waals surface area contributed by atoms with Gasteiger partial charge in [-0.05, 0) is 54.4 Å². The molecule has 0 aromatic heterocycles. The Balaban J connectivity index is 1.63. The molecule has 0 heterocycles. The van der Waals surface area contributed by atoms with Crippen molar-refractivity contribution >= 4 is 34.6 Å². The van der Waals surface area contributed by atoms with E-state index in [4.69, 9.17) is 28.6 Å². The molecule has 22 heavy (non-hydrogen) atoms. The van der Waals surface area contributed by atoms with Gasteiger partial charge in [-0.3, -0.25) is 0 Å². The lowest BCUT2D eigenvalue weighted by molar-refractivity contribution is 0.417. The topological polar surface area (TPSA) is 33.3 Å². The molecule has 2 N–H and O–H groups in total. The van der Waals surface area contributed by atoms with E-state index in [2.05, 4.69) is 34.9 Å². The van der Waals surface area contributed by atoms with E-state index in [0.29, 0.717) is 21.9 Å². The molecule has 0 atom stereocenters. The van der Waals surface area contributed by atoms with Crippen LogP contribution in [0.15, 0.2) is 42.5 Å². The number of ether oxygens (including phenoxy) is 1. The lowest BCUT2D eigenvalue weighted by Crippen LogP contribution is -2.38. The lowest BCUT2D eigenvalue weighted by Gasteiger charge is -2.17. The predicted molar refractivity (Wildman–Crippen MR) is 95.0 cm³/mol. The number of rotatable bonds is 3. The van der Waals surface area contributed by atoms with Crippen LogP contribution in [-0.4, -0.2) is 18.3 Å². The summed E-state index contributed by atoms with van der Waals surface area (Å²) in [4.78, 5) is 0. The van der Waals surface area contributed by atoms with Crippen molar-refractivity contribution < 1.29 is 4.74 Å². The molecule has 5 heteroatoms. The molecule has 0 amide bonds. The Labute approximate surface area is 140 Å². The molecule has 0 aliphatic heterocycles. The van der Waals surface area contributed by atoms with Crippen molar-refractivity contribution in [1.29, 1.82) is 0 Å². The minimum absolute atomic E-state index is 0.322. The van der Waals surface area contributed by atoms with Crippen molar-refractivity contribution in [2.75, 3.05) is 12.4 Å². The first-order valence-electron chi connectivity index (χ1n) is 7.13. The zero-order valence-electron chi connectivity index (χ0n) is 12.2. The summed E-state index contributed by atoms with van der Waals surface area (Å²) in [6.07, 6.45) is 1.98. The van der Waals surface area contributed by atoms with E-state index in [-0.39, 0.29) is 0 Å². The number of hydrogen-bond acceptors (Lipinski definition) is 2. The Kier molecular flexibility index (Phi) is 4.50. The molecule has 0 fully saturated rings. The van der Waals surface area contributed by atoms with Crippen molar-refractivity contribution in [3.05, 3.63) is 58.6 Å². The number of hydrogen-bond donors (Lipinski definition) is 2. The van der Waals surface area contributed by atoms with Crippen LogP contribution in [0, 0.1) is 0 Å². The molecule has 0 saturated carbocycles. The van der Waals surface area contributed by atoms with Gasteiger partial charge in [0.05, 0.1) is 12.8 Å². The smallest absolute Gasteiger partial charge is 0.171 e. The summed E-state index contributed by atoms with van der Waals surface area (Å²) in [6.45, 7) is 0. The number of benzene rings is 2. The highest BCUT2D eigenvalue weighted by Crippen LogP contribution is 2.28. The quantitative estimate of drug-likeness (QED) is 0.838. The highest BCUT2D eigenvalue weighted by molar-refractivity contribution is 7.80. The minimum atomic E-state index is 0.322. The molecule has 1 aliphatic carbocycles. The third-order valence-corrected chi connectivity index (χ3v) is 4.25. The molecule has 0 bridgehead atoms. The van der Waals surface area contributed by atoms with Crippen LogP contribution in [0.3, 0.4) is 0 Å². The molecule has 0 spiro atoms. The van der Waals surface area contributed by atoms with Crippen LogP contribution in [0.4, 0.5) is 5.69 Å². The molecule has 1 aliphatic rings. The van der Waals surface area contributed by atoms with Crippen LogP contribution >= 0.6 is 23.8 Å². The average Bonchev–Trinajstić information content (AvgIpc) is 2.89. The number of anilines is 1. The lowest BCUT2D eigenvalue weighted by atomic mass is 10.1. The first kappa shape index (κ1) is 15.1. The largest absolute Gasteiger partial charge is 0.495 e. The maximum absolute atomic E-state index is 6.03. The standard InChI is InChI=1S/C17H17ClN2OS/c1-21-16-7-6-13(18)10-15(16)20-17(22)19-14-8-11-4-2-3-5-12(11)9-14/h2-7,10,14H,8-9H2,1H3,(H2,19,20,22). The number of thiocarbonyl (C=S) groups is 1. The maximum Gasteiger partial charge on any atom is 0.171 e. The van der Waals surface area contributed by atoms with Crippen molar-refractivity contribution in [2.45, 2.75) is 18.9 Å². The van der Waals surface area contributed by atoms with E-state index in [0.717, 1.165) is 18.5 Å². The van der Waals surface area contributed by atoms with Crippen molar-refractivity contribution in [3.63, 3.8) is 0 Å². The summed E-state index contributed by atoms with van der Waals surface area (Å²) in [5.41, 5.74) is 3.55. The van der Waals surface area contributed by atoms with Gasteiger partial charge in [-0.25, -0.2) is 0 Å². The van der Waals surface area contributed by atoms with Gasteiger partial charge in [0.25, 0.3) is 0 Å². The summed E-state index contributed by atoms with van der Waals surface area (Å²) in [5, 5.41) is 7.75. The first-order valence-corrected chi connectivity index (χ1v) is 7.92. The van der Waals surface area contributed by atoms with Gasteiger partial charge >= 0.3 is 0 Å². The molecule has 114 valence electrons. The van der Waals surface area contributed by atoms with Crippen LogP contribution in [0.1, 0.15) is 11.1 Å². The van der Waals surface area contributed by atoms with Crippen molar-refractivity contribution in [1.82, 2.24) is 5.32 Å². The van der Waals surface area contributed by atoms with Crippen molar-refractivity contribution in [2.24, 2.45) is 0 Å². The molecule has 2 aromatic rings. The van der Waals surface area contributed by atoms with Gasteiger partial charge in [-0.1, -0.05) is 35.9 Å². The molecular formula is C17H17ClN2OS. The first-order chi connectivity index (χ1) is 10.7. The average molecular weight is 333 g/mol. The molecule has 3 nitrogen and oxygen atoms in total. The third-order valence-electron chi connectivity index (χ3n) is 3.80. The normalized spacial score (nSPS) is 13.5. The van der Waals surface area contributed by atoms with E-state index < -0.39 is 0 Å². The third kappa shape index (κ3) is 3.34. The zero-order chi connectivity index (χ0) is 15.5. The predicted octanol–water partition coefficient (Wildman–Crippen LogP) is 3.80. The minimum Gasteiger partial charge on any atom is -0.495 e. The summed E-state index contributed by atoms with van der Waals surface area (Å²) >= 11 is 11.4. The second-order valence-corrected chi connectivity index (χ2v) is 6.16. The summed E-state index contributed by atoms with van der Waals surface area (Å²) < 4.78 is 5.31. The van der Waals surface area contributed by atoms with E-state index in [9.17, 15) is 0 Å². The van der Waals surface area contributed by atoms with Crippen LogP contribution in [0.2, 0.25) is 5.02 Å². The summed E-state index contributed by atoms with van der Waals surface area (Å²) in [5.74, 6) is 0.711. The molecule has 2 aromatic carbocycles. The molecule has 0 unspecified atom stereocenters. The van der Waals surface area contributed by atoms with E-state index in [1.807, 2.05) is 6.07 Å². The fourth-order valence-corrected chi connectivity index (χ4v) is 3.23. The van der Waals surface area contributed by atoms with Gasteiger partial charge in [-0.2, -0.15) is 0 Å². The van der Waals surface area contributed by atoms with E-state index >= 15 is 0 Å². The van der Waals surface area contributed by atoms with Crippen LogP contribution in [-0.2, 0) is 12.8 Å². The van der Waals surface area contributed by atoms with Crippen LogP contribution in [0.25, 0.3) is 0 Å². The summed E-state index contributed by atoms with van der Waals surface area (Å²) in [6, 6.07) is 14.2. The Morgan fingerprint density at radius 3 is 2.50 bits per heavy atom. The number of halogens is 1. The van der Waals surface area contributed by atoms with Gasteiger partial charge in [0, 0.05) is 11.1 Å². The van der Waals surface area contributed by atoms with Gasteiger partial charge < -0.3 is 15.4 Å². The number of methoxy groups -OCH3 is 1. The zero-order valence-corrected chi connectivity index (χ0v) is 13.8. The Bertz CT molecular complexity index is 680. The van der Waals surface area contributed by atoms with Crippen LogP contribution < -0.4 is 15.4 Å². The second-order valence-electron chi connectivity index (χ2n) is 5.32. The Morgan fingerprint density at radius 1 is 1.18 bits per heavy atom. The second kappa shape index (κ2) is 6.55. The fraction of sp³-hybridized carbons (Fsp3) is 0.235. The molecule has 0 saturated heterocycles. The highest BCUT2D eigenvalue weighted by atomic mass is 35.5. The number of fused-ring (bicyclic) bond motifs is 1. The Hall–Kier alpha value is -1.78. The van der Waals surface area contributed by atoms with E-state index in [1.54, 1.807) is 19.2 Å². The number of nitrogens with one attached hydrogen (secondary N) is 2. The Morgan fingerprint density at radius 2 is 1.86 bits per heavy atom. The molecular weight excluding hydrogens is 316 g/mol. The van der Waals surface area contributed by atoms with Crippen molar-refractivity contribution in [3.8, 4) is 5.75 Å². The van der Waals surface area contributed by atoms with E-state index in [1.165, 1.54) is 11.1 Å². The van der Waals surface area contributed by atoms with Gasteiger partial charge in [0.2, 0.25) is 0 Å². The monoisotopic (exact) mass is 332 g/mol. The van der Waals surface area contributed by atoms with Crippen LogP contribution in [0.5, 0.6) is 5.75 Å². The fourth-order valence-electron chi connectivity index (χ4n) is 2.78. The van der Waals surface area contributed by atoms with Gasteiger partial charge in [-0.15, -0.1) is 0 Å². The SMILES string of the molecule is COc1ccc(Cl)cc1NC(=S)NC1Cc2ccccc2C1.